The van der Waals surface area contributed by atoms with Crippen molar-refractivity contribution in [1.29, 1.82) is 0 Å². The Kier molecular flexibility index (Phi) is 8.06. The van der Waals surface area contributed by atoms with Crippen LogP contribution in [0.3, 0.4) is 0 Å². The first kappa shape index (κ1) is 22.8. The van der Waals surface area contributed by atoms with E-state index in [0.717, 1.165) is 40.8 Å². The van der Waals surface area contributed by atoms with Gasteiger partial charge in [-0.15, -0.1) is 0 Å². The Morgan fingerprint density at radius 1 is 1.19 bits per heavy atom. The number of benzene rings is 1. The summed E-state index contributed by atoms with van der Waals surface area (Å²) in [5.74, 6) is 0.302. The van der Waals surface area contributed by atoms with Crippen molar-refractivity contribution < 1.29 is 23.9 Å². The predicted molar refractivity (Wildman–Crippen MR) is 118 cm³/mol. The number of thioether (sulfide) groups is 1. The summed E-state index contributed by atoms with van der Waals surface area (Å²) in [7, 11) is 0. The van der Waals surface area contributed by atoms with Crippen molar-refractivity contribution >= 4 is 28.9 Å². The zero-order chi connectivity index (χ0) is 22.2. The minimum Gasteiger partial charge on any atom is -0.493 e. The highest BCUT2D eigenvalue weighted by molar-refractivity contribution is 8.15. The molecule has 2 atom stereocenters. The summed E-state index contributed by atoms with van der Waals surface area (Å²) in [6, 6.07) is 11.4. The van der Waals surface area contributed by atoms with E-state index in [4.69, 9.17) is 9.47 Å². The molecule has 1 aromatic heterocycles. The molecule has 0 saturated carbocycles. The number of nitrogens with one attached hydrogen (secondary N) is 1. The Hall–Kier alpha value is -2.87. The second-order valence-electron chi connectivity index (χ2n) is 7.29. The molecule has 0 aliphatic carbocycles. The van der Waals surface area contributed by atoms with Crippen LogP contribution in [-0.2, 0) is 27.2 Å². The molecule has 1 fully saturated rings. The number of carbonyl (C=O) groups is 3. The van der Waals surface area contributed by atoms with Gasteiger partial charge in [-0.1, -0.05) is 36.9 Å². The van der Waals surface area contributed by atoms with Crippen LogP contribution in [0, 0.1) is 0 Å². The third kappa shape index (κ3) is 6.82. The van der Waals surface area contributed by atoms with Gasteiger partial charge in [0.25, 0.3) is 5.24 Å². The number of aromatic nitrogens is 1. The van der Waals surface area contributed by atoms with Crippen LogP contribution in [0.25, 0.3) is 0 Å². The quantitative estimate of drug-likeness (QED) is 0.556. The molecule has 1 aliphatic heterocycles. The smallest absolute Gasteiger partial charge is 0.306 e. The van der Waals surface area contributed by atoms with Crippen LogP contribution in [0.15, 0.2) is 42.6 Å². The Labute approximate surface area is 185 Å². The number of pyridine rings is 1. The van der Waals surface area contributed by atoms with Gasteiger partial charge >= 0.3 is 5.97 Å². The first-order valence-corrected chi connectivity index (χ1v) is 11.2. The summed E-state index contributed by atoms with van der Waals surface area (Å²) in [5, 5.41) is 1.64. The van der Waals surface area contributed by atoms with Crippen molar-refractivity contribution in [3.8, 4) is 5.75 Å². The van der Waals surface area contributed by atoms with Gasteiger partial charge in [-0.3, -0.25) is 24.7 Å². The van der Waals surface area contributed by atoms with E-state index in [1.54, 1.807) is 6.20 Å². The average molecular weight is 443 g/mol. The van der Waals surface area contributed by atoms with Crippen LogP contribution in [0.4, 0.5) is 4.79 Å². The van der Waals surface area contributed by atoms with Crippen molar-refractivity contribution in [2.45, 2.75) is 50.9 Å². The van der Waals surface area contributed by atoms with Gasteiger partial charge in [-0.25, -0.2) is 0 Å². The highest BCUT2D eigenvalue weighted by atomic mass is 32.2. The largest absolute Gasteiger partial charge is 0.493 e. The summed E-state index contributed by atoms with van der Waals surface area (Å²) >= 11 is 1.03. The molecule has 2 heterocycles. The number of amides is 2. The molecule has 31 heavy (non-hydrogen) atoms. The Morgan fingerprint density at radius 3 is 2.58 bits per heavy atom. The number of carbonyl (C=O) groups excluding carboxylic acids is 3. The molecule has 0 bridgehead atoms. The fourth-order valence-corrected chi connectivity index (χ4v) is 3.95. The van der Waals surface area contributed by atoms with Crippen LogP contribution in [-0.4, -0.2) is 34.0 Å². The molecule has 0 radical (unpaired) electrons. The minimum absolute atomic E-state index is 0.197. The van der Waals surface area contributed by atoms with Crippen molar-refractivity contribution in [3.63, 3.8) is 0 Å². The number of esters is 1. The van der Waals surface area contributed by atoms with Gasteiger partial charge in [-0.2, -0.15) is 0 Å². The summed E-state index contributed by atoms with van der Waals surface area (Å²) in [6.07, 6.45) is 3.75. The van der Waals surface area contributed by atoms with Gasteiger partial charge in [-0.05, 0) is 43.5 Å². The van der Waals surface area contributed by atoms with E-state index in [1.807, 2.05) is 50.2 Å². The van der Waals surface area contributed by atoms with Crippen molar-refractivity contribution in [3.05, 3.63) is 59.4 Å². The van der Waals surface area contributed by atoms with Gasteiger partial charge in [0.1, 0.15) is 11.9 Å². The summed E-state index contributed by atoms with van der Waals surface area (Å²) < 4.78 is 11.2. The van der Waals surface area contributed by atoms with E-state index in [1.165, 1.54) is 0 Å². The van der Waals surface area contributed by atoms with E-state index in [9.17, 15) is 14.4 Å². The fourth-order valence-electron chi connectivity index (χ4n) is 3.09. The van der Waals surface area contributed by atoms with Crippen LogP contribution in [0.5, 0.6) is 5.75 Å². The molecule has 1 aromatic carbocycles. The van der Waals surface area contributed by atoms with Gasteiger partial charge in [0.2, 0.25) is 5.91 Å². The molecule has 1 unspecified atom stereocenters. The van der Waals surface area contributed by atoms with E-state index in [2.05, 4.69) is 10.3 Å². The second-order valence-corrected chi connectivity index (χ2v) is 8.47. The molecule has 7 nitrogen and oxygen atoms in total. The molecule has 2 aromatic rings. The third-order valence-corrected chi connectivity index (χ3v) is 5.80. The third-order valence-electron chi connectivity index (χ3n) is 4.82. The van der Waals surface area contributed by atoms with Crippen LogP contribution in [0.2, 0.25) is 0 Å². The molecule has 0 spiro atoms. The lowest BCUT2D eigenvalue weighted by molar-refractivity contribution is -0.148. The molecular weight excluding hydrogens is 416 g/mol. The zero-order valence-electron chi connectivity index (χ0n) is 17.6. The lowest BCUT2D eigenvalue weighted by atomic mass is 10.1. The minimum atomic E-state index is -0.369. The normalized spacial score (nSPS) is 16.6. The Balaban J connectivity index is 1.43. The summed E-state index contributed by atoms with van der Waals surface area (Å²) in [5.41, 5.74) is 2.72. The number of hydrogen-bond donors (Lipinski definition) is 1. The summed E-state index contributed by atoms with van der Waals surface area (Å²) in [6.45, 7) is 4.26. The number of imide groups is 1. The Morgan fingerprint density at radius 2 is 1.97 bits per heavy atom. The Bertz CT molecular complexity index is 915. The zero-order valence-corrected chi connectivity index (χ0v) is 18.4. The first-order valence-electron chi connectivity index (χ1n) is 10.3. The number of ether oxygens (including phenoxy) is 2. The molecule has 1 aliphatic rings. The van der Waals surface area contributed by atoms with Gasteiger partial charge in [0.05, 0.1) is 11.9 Å². The molecular formula is C23H26N2O5S. The number of hydrogen-bond acceptors (Lipinski definition) is 7. The maximum absolute atomic E-state index is 11.7. The van der Waals surface area contributed by atoms with Gasteiger partial charge in [0, 0.05) is 30.3 Å². The topological polar surface area (TPSA) is 94.6 Å². The standard InChI is InChI=1S/C23H26N2O5S/c1-3-4-21(26)30-15(2)17-7-8-18(24-14-17)11-12-29-19-9-5-16(6-10-19)13-20-22(27)25-23(28)31-20/h5-10,14-15,20H,3-4,11-13H2,1-2H3,(H,25,27,28)/t15?,20-/m1/s1. The van der Waals surface area contributed by atoms with E-state index >= 15 is 0 Å². The molecule has 8 heteroatoms. The highest BCUT2D eigenvalue weighted by Gasteiger charge is 2.31. The highest BCUT2D eigenvalue weighted by Crippen LogP contribution is 2.24. The number of nitrogens with zero attached hydrogens (tertiary/aromatic N) is 1. The van der Waals surface area contributed by atoms with E-state index in [-0.39, 0.29) is 28.5 Å². The summed E-state index contributed by atoms with van der Waals surface area (Å²) in [4.78, 5) is 38.9. The van der Waals surface area contributed by atoms with Crippen LogP contribution < -0.4 is 10.1 Å². The maximum atomic E-state index is 11.7. The van der Waals surface area contributed by atoms with E-state index < -0.39 is 0 Å². The van der Waals surface area contributed by atoms with Crippen LogP contribution >= 0.6 is 11.8 Å². The van der Waals surface area contributed by atoms with E-state index in [0.29, 0.717) is 25.9 Å². The number of rotatable bonds is 10. The fraction of sp³-hybridized carbons (Fsp3) is 0.391. The molecule has 3 rings (SSSR count). The van der Waals surface area contributed by atoms with Crippen molar-refractivity contribution in [2.24, 2.45) is 0 Å². The molecule has 164 valence electrons. The molecule has 2 amide bonds. The van der Waals surface area contributed by atoms with Crippen LogP contribution in [0.1, 0.15) is 49.6 Å². The average Bonchev–Trinajstić information content (AvgIpc) is 3.06. The van der Waals surface area contributed by atoms with Crippen molar-refractivity contribution in [1.82, 2.24) is 10.3 Å². The molecule has 1 saturated heterocycles. The van der Waals surface area contributed by atoms with Gasteiger partial charge < -0.3 is 9.47 Å². The SMILES string of the molecule is CCCC(=O)OC(C)c1ccc(CCOc2ccc(C[C@H]3SC(=O)NC3=O)cc2)nc1. The monoisotopic (exact) mass is 442 g/mol. The lowest BCUT2D eigenvalue weighted by Gasteiger charge is -2.13. The lowest BCUT2D eigenvalue weighted by Crippen LogP contribution is -2.25. The maximum Gasteiger partial charge on any atom is 0.306 e. The van der Waals surface area contributed by atoms with Gasteiger partial charge in [0.15, 0.2) is 0 Å². The predicted octanol–water partition coefficient (Wildman–Crippen LogP) is 4.00. The second kappa shape index (κ2) is 10.9. The van der Waals surface area contributed by atoms with Crippen molar-refractivity contribution in [2.75, 3.05) is 6.61 Å². The first-order chi connectivity index (χ1) is 14.9. The molecule has 1 N–H and O–H groups in total.